The van der Waals surface area contributed by atoms with Gasteiger partial charge in [-0.15, -0.1) is 0 Å². The van der Waals surface area contributed by atoms with Gasteiger partial charge in [-0.2, -0.15) is 0 Å². The second-order valence-electron chi connectivity index (χ2n) is 5.46. The zero-order valence-electron chi connectivity index (χ0n) is 10.4. The van der Waals surface area contributed by atoms with E-state index in [1.807, 2.05) is 0 Å². The van der Waals surface area contributed by atoms with Crippen LogP contribution in [0.2, 0.25) is 0 Å². The van der Waals surface area contributed by atoms with Crippen LogP contribution in [0, 0.1) is 11.6 Å². The second kappa shape index (κ2) is 4.41. The molecule has 4 heteroatoms. The first-order valence-electron chi connectivity index (χ1n) is 6.70. The monoisotopic (exact) mass is 252 g/mol. The Bertz CT molecular complexity index is 451. The Kier molecular flexibility index (Phi) is 2.88. The molecule has 2 N–H and O–H groups in total. The van der Waals surface area contributed by atoms with Crippen LogP contribution < -0.4 is 10.6 Å². The van der Waals surface area contributed by atoms with Crippen molar-refractivity contribution >= 4 is 11.4 Å². The van der Waals surface area contributed by atoms with E-state index >= 15 is 0 Å². The number of nitrogens with one attached hydrogen (secondary N) is 2. The summed E-state index contributed by atoms with van der Waals surface area (Å²) in [5.74, 6) is -1.54. The molecule has 2 nitrogen and oxygen atoms in total. The Labute approximate surface area is 106 Å². The normalized spacial score (nSPS) is 21.7. The minimum absolute atomic E-state index is 0.0991. The number of fused-ring (bicyclic) bond motifs is 1. The van der Waals surface area contributed by atoms with Crippen molar-refractivity contribution in [1.29, 1.82) is 0 Å². The standard InChI is InChI=1S/C14H18F2N2/c15-10-5-6-11-13(12(10)16)18-14(9-17-11)7-3-1-2-4-8-14/h5-6,17-18H,1-4,7-9H2. The lowest BCUT2D eigenvalue weighted by atomic mass is 9.87. The van der Waals surface area contributed by atoms with Crippen molar-refractivity contribution in [3.63, 3.8) is 0 Å². The third-order valence-corrected chi connectivity index (χ3v) is 4.16. The molecular formula is C14H18F2N2. The first-order chi connectivity index (χ1) is 8.70. The maximum Gasteiger partial charge on any atom is 0.184 e. The average Bonchev–Trinajstić information content (AvgIpc) is 2.61. The summed E-state index contributed by atoms with van der Waals surface area (Å²) < 4.78 is 27.1. The van der Waals surface area contributed by atoms with E-state index in [-0.39, 0.29) is 5.54 Å². The van der Waals surface area contributed by atoms with E-state index in [1.165, 1.54) is 18.9 Å². The van der Waals surface area contributed by atoms with E-state index in [2.05, 4.69) is 10.6 Å². The SMILES string of the molecule is Fc1ccc2c(c1F)NC1(CCCCCC1)CN2. The molecule has 1 saturated carbocycles. The zero-order chi connectivity index (χ0) is 12.6. The number of benzene rings is 1. The Hall–Kier alpha value is -1.32. The van der Waals surface area contributed by atoms with Crippen LogP contribution in [0.1, 0.15) is 38.5 Å². The number of halogens is 2. The molecule has 1 heterocycles. The topological polar surface area (TPSA) is 24.1 Å². The van der Waals surface area contributed by atoms with Gasteiger partial charge in [0.2, 0.25) is 0 Å². The Balaban J connectivity index is 1.93. The van der Waals surface area contributed by atoms with Crippen LogP contribution in [0.4, 0.5) is 20.2 Å². The van der Waals surface area contributed by atoms with Crippen molar-refractivity contribution in [3.05, 3.63) is 23.8 Å². The zero-order valence-corrected chi connectivity index (χ0v) is 10.4. The van der Waals surface area contributed by atoms with Crippen molar-refractivity contribution < 1.29 is 8.78 Å². The molecule has 18 heavy (non-hydrogen) atoms. The van der Waals surface area contributed by atoms with Crippen molar-refractivity contribution in [3.8, 4) is 0 Å². The second-order valence-corrected chi connectivity index (χ2v) is 5.46. The van der Waals surface area contributed by atoms with Gasteiger partial charge >= 0.3 is 0 Å². The maximum absolute atomic E-state index is 13.8. The molecule has 2 aliphatic rings. The quantitative estimate of drug-likeness (QED) is 0.732. The Morgan fingerprint density at radius 2 is 1.72 bits per heavy atom. The highest BCUT2D eigenvalue weighted by molar-refractivity contribution is 5.73. The highest BCUT2D eigenvalue weighted by Crippen LogP contribution is 2.39. The van der Waals surface area contributed by atoms with Gasteiger partial charge in [0, 0.05) is 6.54 Å². The van der Waals surface area contributed by atoms with Gasteiger partial charge in [0.05, 0.1) is 16.9 Å². The summed E-state index contributed by atoms with van der Waals surface area (Å²) >= 11 is 0. The summed E-state index contributed by atoms with van der Waals surface area (Å²) in [5, 5.41) is 6.53. The Morgan fingerprint density at radius 3 is 2.44 bits per heavy atom. The van der Waals surface area contributed by atoms with Gasteiger partial charge in [0.1, 0.15) is 0 Å². The molecule has 1 aliphatic carbocycles. The number of rotatable bonds is 0. The summed E-state index contributed by atoms with van der Waals surface area (Å²) in [4.78, 5) is 0. The van der Waals surface area contributed by atoms with Gasteiger partial charge in [0.25, 0.3) is 0 Å². The van der Waals surface area contributed by atoms with Crippen LogP contribution in [-0.2, 0) is 0 Å². The fourth-order valence-corrected chi connectivity index (χ4v) is 3.10. The average molecular weight is 252 g/mol. The van der Waals surface area contributed by atoms with Crippen LogP contribution in [0.3, 0.4) is 0 Å². The van der Waals surface area contributed by atoms with E-state index in [4.69, 9.17) is 0 Å². The predicted octanol–water partition coefficient (Wildman–Crippen LogP) is 3.90. The third kappa shape index (κ3) is 1.93. The van der Waals surface area contributed by atoms with Gasteiger partial charge in [-0.25, -0.2) is 8.78 Å². The van der Waals surface area contributed by atoms with Crippen LogP contribution >= 0.6 is 0 Å². The lowest BCUT2D eigenvalue weighted by Gasteiger charge is -2.40. The predicted molar refractivity (Wildman–Crippen MR) is 68.9 cm³/mol. The fraction of sp³-hybridized carbons (Fsp3) is 0.571. The highest BCUT2D eigenvalue weighted by atomic mass is 19.2. The van der Waals surface area contributed by atoms with Gasteiger partial charge < -0.3 is 10.6 Å². The van der Waals surface area contributed by atoms with Gasteiger partial charge in [-0.05, 0) is 25.0 Å². The molecule has 0 atom stereocenters. The first kappa shape index (κ1) is 11.8. The maximum atomic E-state index is 13.8. The summed E-state index contributed by atoms with van der Waals surface area (Å²) in [6, 6.07) is 2.78. The minimum Gasteiger partial charge on any atom is -0.381 e. The molecule has 1 spiro atoms. The highest BCUT2D eigenvalue weighted by Gasteiger charge is 2.35. The smallest absolute Gasteiger partial charge is 0.184 e. The number of hydrogen-bond acceptors (Lipinski definition) is 2. The first-order valence-corrected chi connectivity index (χ1v) is 6.70. The summed E-state index contributed by atoms with van der Waals surface area (Å²) in [6.45, 7) is 0.797. The van der Waals surface area contributed by atoms with Crippen LogP contribution in [0.5, 0.6) is 0 Å². The molecule has 1 fully saturated rings. The van der Waals surface area contributed by atoms with E-state index in [1.54, 1.807) is 6.07 Å². The number of anilines is 2. The molecule has 3 rings (SSSR count). The van der Waals surface area contributed by atoms with E-state index in [0.717, 1.165) is 32.2 Å². The lowest BCUT2D eigenvalue weighted by molar-refractivity contribution is 0.416. The van der Waals surface area contributed by atoms with Gasteiger partial charge in [0.15, 0.2) is 11.6 Å². The molecule has 98 valence electrons. The summed E-state index contributed by atoms with van der Waals surface area (Å²) in [5.41, 5.74) is 0.880. The minimum atomic E-state index is -0.784. The molecule has 1 aromatic carbocycles. The molecule has 0 aromatic heterocycles. The lowest BCUT2D eigenvalue weighted by Crippen LogP contribution is -2.47. The molecule has 0 saturated heterocycles. The molecule has 1 aliphatic heterocycles. The summed E-state index contributed by atoms with van der Waals surface area (Å²) in [6.07, 6.45) is 6.83. The molecule has 0 unspecified atom stereocenters. The molecule has 0 radical (unpaired) electrons. The van der Waals surface area contributed by atoms with E-state index < -0.39 is 11.6 Å². The van der Waals surface area contributed by atoms with Gasteiger partial charge in [-0.3, -0.25) is 0 Å². The van der Waals surface area contributed by atoms with E-state index in [9.17, 15) is 8.78 Å². The fourth-order valence-electron chi connectivity index (χ4n) is 3.10. The number of hydrogen-bond donors (Lipinski definition) is 2. The molecule has 0 amide bonds. The van der Waals surface area contributed by atoms with Crippen molar-refractivity contribution in [2.75, 3.05) is 17.2 Å². The van der Waals surface area contributed by atoms with Crippen LogP contribution in [-0.4, -0.2) is 12.1 Å². The van der Waals surface area contributed by atoms with E-state index in [0.29, 0.717) is 11.4 Å². The van der Waals surface area contributed by atoms with Crippen LogP contribution in [0.25, 0.3) is 0 Å². The summed E-state index contributed by atoms with van der Waals surface area (Å²) in [7, 11) is 0. The van der Waals surface area contributed by atoms with Crippen molar-refractivity contribution in [1.82, 2.24) is 0 Å². The molecular weight excluding hydrogens is 234 g/mol. The molecule has 1 aromatic rings. The van der Waals surface area contributed by atoms with Crippen LogP contribution in [0.15, 0.2) is 12.1 Å². The largest absolute Gasteiger partial charge is 0.381 e. The third-order valence-electron chi connectivity index (χ3n) is 4.16. The van der Waals surface area contributed by atoms with Crippen molar-refractivity contribution in [2.45, 2.75) is 44.1 Å². The van der Waals surface area contributed by atoms with Crippen molar-refractivity contribution in [2.24, 2.45) is 0 Å². The Morgan fingerprint density at radius 1 is 1.00 bits per heavy atom. The van der Waals surface area contributed by atoms with Gasteiger partial charge in [-0.1, -0.05) is 25.7 Å². The molecule has 0 bridgehead atoms.